The smallest absolute Gasteiger partial charge is 0.408 e. The summed E-state index contributed by atoms with van der Waals surface area (Å²) in [6.07, 6.45) is 0.794. The molecule has 0 unspecified atom stereocenters. The van der Waals surface area contributed by atoms with Gasteiger partial charge in [0.05, 0.1) is 15.5 Å². The van der Waals surface area contributed by atoms with Crippen LogP contribution in [0, 0.1) is 0 Å². The van der Waals surface area contributed by atoms with Crippen LogP contribution in [-0.2, 0) is 16.6 Å². The van der Waals surface area contributed by atoms with Crippen molar-refractivity contribution in [2.24, 2.45) is 0 Å². The van der Waals surface area contributed by atoms with Crippen molar-refractivity contribution in [3.63, 3.8) is 0 Å². The number of oxazole rings is 1. The molecule has 2 heterocycles. The largest absolute Gasteiger partial charge is 0.419 e. The van der Waals surface area contributed by atoms with Gasteiger partial charge < -0.3 is 4.42 Å². The van der Waals surface area contributed by atoms with E-state index in [2.05, 4.69) is 4.72 Å². The minimum atomic E-state index is -3.72. The Morgan fingerprint density at radius 2 is 2.09 bits per heavy atom. The number of hydrogen-bond donors (Lipinski definition) is 1. The van der Waals surface area contributed by atoms with Crippen LogP contribution >= 0.6 is 22.9 Å². The molecule has 0 aliphatic rings. The van der Waals surface area contributed by atoms with Crippen LogP contribution in [0.2, 0.25) is 4.34 Å². The standard InChI is InChI=1S/C14H13ClN2O4S2/c1-2-7-17-10-4-3-9(8-11(10)21-14(17)18)16-23(19,20)13-6-5-12(15)22-13/h3-6,8,16H,2,7H2,1H3. The number of anilines is 1. The van der Waals surface area contributed by atoms with Crippen LogP contribution in [0.25, 0.3) is 11.1 Å². The number of sulfonamides is 1. The van der Waals surface area contributed by atoms with Gasteiger partial charge in [0.15, 0.2) is 5.58 Å². The Kier molecular flexibility index (Phi) is 4.22. The SMILES string of the molecule is CCCn1c(=O)oc2cc(NS(=O)(=O)c3ccc(Cl)s3)ccc21. The van der Waals surface area contributed by atoms with E-state index in [4.69, 9.17) is 16.0 Å². The molecule has 0 amide bonds. The zero-order valence-electron chi connectivity index (χ0n) is 12.1. The first kappa shape index (κ1) is 16.1. The summed E-state index contributed by atoms with van der Waals surface area (Å²) in [7, 11) is -3.72. The minimum Gasteiger partial charge on any atom is -0.408 e. The Balaban J connectivity index is 1.97. The second kappa shape index (κ2) is 6.03. The van der Waals surface area contributed by atoms with Gasteiger partial charge >= 0.3 is 5.76 Å². The molecule has 3 aromatic rings. The van der Waals surface area contributed by atoms with Crippen molar-refractivity contribution >= 4 is 49.7 Å². The fourth-order valence-corrected chi connectivity index (χ4v) is 4.74. The van der Waals surface area contributed by atoms with Crippen LogP contribution in [-0.4, -0.2) is 13.0 Å². The van der Waals surface area contributed by atoms with Gasteiger partial charge in [-0.25, -0.2) is 13.2 Å². The maximum atomic E-state index is 12.3. The highest BCUT2D eigenvalue weighted by Crippen LogP contribution is 2.28. The van der Waals surface area contributed by atoms with E-state index in [0.29, 0.717) is 27.7 Å². The summed E-state index contributed by atoms with van der Waals surface area (Å²) in [5.41, 5.74) is 1.30. The molecule has 6 nitrogen and oxygen atoms in total. The number of thiophene rings is 1. The first-order chi connectivity index (χ1) is 10.9. The normalized spacial score (nSPS) is 11.9. The van der Waals surface area contributed by atoms with Gasteiger partial charge in [0.25, 0.3) is 10.0 Å². The zero-order chi connectivity index (χ0) is 16.6. The minimum absolute atomic E-state index is 0.118. The highest BCUT2D eigenvalue weighted by Gasteiger charge is 2.18. The van der Waals surface area contributed by atoms with E-state index in [-0.39, 0.29) is 4.21 Å². The van der Waals surface area contributed by atoms with Gasteiger partial charge in [-0.1, -0.05) is 18.5 Å². The van der Waals surface area contributed by atoms with Gasteiger partial charge in [0, 0.05) is 12.6 Å². The highest BCUT2D eigenvalue weighted by molar-refractivity contribution is 7.94. The topological polar surface area (TPSA) is 81.3 Å². The van der Waals surface area contributed by atoms with E-state index < -0.39 is 15.8 Å². The number of nitrogens with zero attached hydrogens (tertiary/aromatic N) is 1. The fraction of sp³-hybridized carbons (Fsp3) is 0.214. The van der Waals surface area contributed by atoms with E-state index >= 15 is 0 Å². The lowest BCUT2D eigenvalue weighted by molar-refractivity contribution is 0.502. The molecular weight excluding hydrogens is 360 g/mol. The molecule has 0 fully saturated rings. The number of aromatic nitrogens is 1. The number of benzene rings is 1. The molecular formula is C14H13ClN2O4S2. The van der Waals surface area contributed by atoms with Crippen LogP contribution < -0.4 is 10.5 Å². The number of rotatable bonds is 5. The van der Waals surface area contributed by atoms with Crippen molar-refractivity contribution in [2.45, 2.75) is 24.1 Å². The van der Waals surface area contributed by atoms with E-state index in [1.807, 2.05) is 6.92 Å². The molecule has 0 bridgehead atoms. The molecule has 122 valence electrons. The van der Waals surface area contributed by atoms with E-state index in [1.54, 1.807) is 12.1 Å². The molecule has 3 rings (SSSR count). The average molecular weight is 373 g/mol. The molecule has 23 heavy (non-hydrogen) atoms. The highest BCUT2D eigenvalue weighted by atomic mass is 35.5. The molecule has 1 N–H and O–H groups in total. The number of fused-ring (bicyclic) bond motifs is 1. The molecule has 0 saturated heterocycles. The quantitative estimate of drug-likeness (QED) is 0.742. The number of hydrogen-bond acceptors (Lipinski definition) is 5. The third-order valence-electron chi connectivity index (χ3n) is 3.18. The number of nitrogens with one attached hydrogen (secondary N) is 1. The third-order valence-corrected chi connectivity index (χ3v) is 6.29. The van der Waals surface area contributed by atoms with Gasteiger partial charge in [0.1, 0.15) is 4.21 Å². The summed E-state index contributed by atoms with van der Waals surface area (Å²) < 4.78 is 34.2. The predicted octanol–water partition coefficient (Wildman–Crippen LogP) is 3.52. The molecule has 0 spiro atoms. The fourth-order valence-electron chi connectivity index (χ4n) is 2.21. The maximum Gasteiger partial charge on any atom is 0.419 e. The summed E-state index contributed by atoms with van der Waals surface area (Å²) in [6, 6.07) is 7.71. The van der Waals surface area contributed by atoms with Gasteiger partial charge in [0.2, 0.25) is 0 Å². The first-order valence-corrected chi connectivity index (χ1v) is 9.50. The van der Waals surface area contributed by atoms with Crippen LogP contribution in [0.1, 0.15) is 13.3 Å². The van der Waals surface area contributed by atoms with Crippen LogP contribution in [0.5, 0.6) is 0 Å². The second-order valence-corrected chi connectivity index (χ2v) is 8.49. The van der Waals surface area contributed by atoms with E-state index in [9.17, 15) is 13.2 Å². The third kappa shape index (κ3) is 3.15. The molecule has 0 atom stereocenters. The molecule has 2 aromatic heterocycles. The monoisotopic (exact) mass is 372 g/mol. The van der Waals surface area contributed by atoms with E-state index in [1.165, 1.54) is 22.8 Å². The van der Waals surface area contributed by atoms with Gasteiger partial charge in [-0.3, -0.25) is 9.29 Å². The average Bonchev–Trinajstić information content (AvgIpc) is 3.04. The predicted molar refractivity (Wildman–Crippen MR) is 90.9 cm³/mol. The van der Waals surface area contributed by atoms with Crippen molar-refractivity contribution in [2.75, 3.05) is 4.72 Å². The lowest BCUT2D eigenvalue weighted by atomic mass is 10.3. The Hall–Kier alpha value is -1.77. The molecule has 9 heteroatoms. The van der Waals surface area contributed by atoms with Gasteiger partial charge in [-0.2, -0.15) is 0 Å². The Morgan fingerprint density at radius 1 is 1.30 bits per heavy atom. The van der Waals surface area contributed by atoms with E-state index in [0.717, 1.165) is 17.8 Å². The van der Waals surface area contributed by atoms with Crippen LogP contribution in [0.3, 0.4) is 0 Å². The van der Waals surface area contributed by atoms with Crippen molar-refractivity contribution in [1.29, 1.82) is 0 Å². The van der Waals surface area contributed by atoms with Crippen molar-refractivity contribution < 1.29 is 12.8 Å². The molecule has 0 aliphatic carbocycles. The van der Waals surface area contributed by atoms with Crippen molar-refractivity contribution in [1.82, 2.24) is 4.57 Å². The summed E-state index contributed by atoms with van der Waals surface area (Å²) in [5.74, 6) is -0.452. The Bertz CT molecular complexity index is 1020. The Morgan fingerprint density at radius 3 is 2.74 bits per heavy atom. The number of halogens is 1. The molecule has 0 radical (unpaired) electrons. The van der Waals surface area contributed by atoms with Gasteiger partial charge in [-0.15, -0.1) is 11.3 Å². The Labute approximate surface area is 141 Å². The van der Waals surface area contributed by atoms with Crippen LogP contribution in [0.4, 0.5) is 5.69 Å². The maximum absolute atomic E-state index is 12.3. The summed E-state index contributed by atoms with van der Waals surface area (Å²) in [4.78, 5) is 11.8. The molecule has 0 saturated carbocycles. The zero-order valence-corrected chi connectivity index (χ0v) is 14.5. The van der Waals surface area contributed by atoms with Crippen molar-refractivity contribution in [3.05, 3.63) is 45.2 Å². The molecule has 1 aromatic carbocycles. The lowest BCUT2D eigenvalue weighted by Crippen LogP contribution is -2.13. The summed E-state index contributed by atoms with van der Waals surface area (Å²) in [6.45, 7) is 2.50. The van der Waals surface area contributed by atoms with Crippen molar-refractivity contribution in [3.8, 4) is 0 Å². The first-order valence-electron chi connectivity index (χ1n) is 6.82. The summed E-state index contributed by atoms with van der Waals surface area (Å²) >= 11 is 6.74. The second-order valence-electron chi connectivity index (χ2n) is 4.87. The summed E-state index contributed by atoms with van der Waals surface area (Å²) in [5, 5.41) is 0. The van der Waals surface area contributed by atoms with Gasteiger partial charge in [-0.05, 0) is 30.7 Å². The number of aryl methyl sites for hydroxylation is 1. The lowest BCUT2D eigenvalue weighted by Gasteiger charge is -2.06. The molecule has 0 aliphatic heterocycles. The van der Waals surface area contributed by atoms with Crippen LogP contribution in [0.15, 0.2) is 43.8 Å².